The van der Waals surface area contributed by atoms with Crippen LogP contribution in [0.15, 0.2) is 66.9 Å². The summed E-state index contributed by atoms with van der Waals surface area (Å²) in [6, 6.07) is 14.6. The lowest BCUT2D eigenvalue weighted by atomic mass is 9.82. The van der Waals surface area contributed by atoms with Crippen molar-refractivity contribution in [3.63, 3.8) is 0 Å². The number of ether oxygens (including phenoxy) is 1. The molecule has 1 fully saturated rings. The number of aryl methyl sites for hydroxylation is 1. The third-order valence-corrected chi connectivity index (χ3v) is 7.78. The molecule has 0 radical (unpaired) electrons. The highest BCUT2D eigenvalue weighted by Crippen LogP contribution is 2.46. The molecule has 2 aromatic carbocycles. The molecule has 11 nitrogen and oxygen atoms in total. The molecule has 0 spiro atoms. The number of allylic oxidation sites excluding steroid dienone is 1. The molecule has 41 heavy (non-hydrogen) atoms. The molecule has 0 aliphatic carbocycles. The number of likely N-dealkylation sites (N-methyl/N-ethyl adjacent to an activating group) is 1. The summed E-state index contributed by atoms with van der Waals surface area (Å²) in [5, 5.41) is 30.1. The third-order valence-electron chi connectivity index (χ3n) is 7.78. The van der Waals surface area contributed by atoms with E-state index in [-0.39, 0.29) is 24.9 Å². The minimum absolute atomic E-state index is 0.0824. The Balaban J connectivity index is 1.29. The maximum Gasteiger partial charge on any atom is 0.304 e. The van der Waals surface area contributed by atoms with Crippen molar-refractivity contribution in [2.45, 2.75) is 51.0 Å². The van der Waals surface area contributed by atoms with Crippen molar-refractivity contribution >= 4 is 29.2 Å². The van der Waals surface area contributed by atoms with Gasteiger partial charge in [-0.25, -0.2) is 0 Å². The highest BCUT2D eigenvalue weighted by Gasteiger charge is 2.52. The first kappa shape index (κ1) is 28.2. The summed E-state index contributed by atoms with van der Waals surface area (Å²) in [7, 11) is 1.60. The number of esters is 1. The van der Waals surface area contributed by atoms with Crippen molar-refractivity contribution < 1.29 is 29.3 Å². The molecular weight excluding hydrogens is 526 g/mol. The van der Waals surface area contributed by atoms with Crippen LogP contribution in [-0.2, 0) is 31.3 Å². The van der Waals surface area contributed by atoms with E-state index in [4.69, 9.17) is 4.74 Å². The van der Waals surface area contributed by atoms with E-state index in [9.17, 15) is 24.6 Å². The van der Waals surface area contributed by atoms with Crippen LogP contribution in [0.25, 0.3) is 0 Å². The van der Waals surface area contributed by atoms with Gasteiger partial charge >= 0.3 is 5.97 Å². The first-order valence-corrected chi connectivity index (χ1v) is 13.5. The number of hydrogen-bond acceptors (Lipinski definition) is 8. The maximum atomic E-state index is 13.3. The van der Waals surface area contributed by atoms with Crippen LogP contribution in [0.2, 0.25) is 0 Å². The summed E-state index contributed by atoms with van der Waals surface area (Å²) in [6.07, 6.45) is 5.43. The number of amides is 2. The van der Waals surface area contributed by atoms with E-state index < -0.39 is 29.6 Å². The van der Waals surface area contributed by atoms with Crippen LogP contribution in [0.1, 0.15) is 49.4 Å². The Morgan fingerprint density at radius 2 is 1.98 bits per heavy atom. The molecule has 5 rings (SSSR count). The summed E-state index contributed by atoms with van der Waals surface area (Å²) < 4.78 is 6.92. The van der Waals surface area contributed by atoms with Gasteiger partial charge in [0.15, 0.2) is 11.8 Å². The van der Waals surface area contributed by atoms with Crippen molar-refractivity contribution in [3.8, 4) is 0 Å². The molecule has 1 saturated heterocycles. The second-order valence-corrected chi connectivity index (χ2v) is 10.4. The molecule has 2 N–H and O–H groups in total. The van der Waals surface area contributed by atoms with Crippen molar-refractivity contribution in [3.05, 3.63) is 83.7 Å². The van der Waals surface area contributed by atoms with E-state index in [0.717, 1.165) is 5.56 Å². The van der Waals surface area contributed by atoms with Crippen LogP contribution in [0, 0.1) is 5.92 Å². The predicted octanol–water partition coefficient (Wildman–Crippen LogP) is 2.47. The van der Waals surface area contributed by atoms with Crippen molar-refractivity contribution in [1.82, 2.24) is 15.0 Å². The Hall–Kier alpha value is -4.35. The molecular formula is C30H33N5O6. The van der Waals surface area contributed by atoms with E-state index in [1.807, 2.05) is 42.6 Å². The van der Waals surface area contributed by atoms with Gasteiger partial charge in [-0.2, -0.15) is 0 Å². The smallest absolute Gasteiger partial charge is 0.304 e. The number of aromatic nitrogens is 3. The normalized spacial score (nSPS) is 21.6. The number of carbonyl (C=O) groups is 3. The largest absolute Gasteiger partial charge is 0.441 e. The Kier molecular flexibility index (Phi) is 7.74. The van der Waals surface area contributed by atoms with E-state index in [0.29, 0.717) is 35.6 Å². The minimum atomic E-state index is -1.84. The van der Waals surface area contributed by atoms with Gasteiger partial charge in [0, 0.05) is 43.9 Å². The minimum Gasteiger partial charge on any atom is -0.441 e. The Labute approximate surface area is 237 Å². The summed E-state index contributed by atoms with van der Waals surface area (Å²) in [6.45, 7) is 3.48. The van der Waals surface area contributed by atoms with Crippen molar-refractivity contribution in [2.24, 2.45) is 5.92 Å². The van der Waals surface area contributed by atoms with Crippen LogP contribution >= 0.6 is 0 Å². The van der Waals surface area contributed by atoms with Crippen LogP contribution in [-0.4, -0.2) is 62.9 Å². The Bertz CT molecular complexity index is 1490. The summed E-state index contributed by atoms with van der Waals surface area (Å²) >= 11 is 0. The fourth-order valence-electron chi connectivity index (χ4n) is 5.46. The lowest BCUT2D eigenvalue weighted by Gasteiger charge is -2.39. The third kappa shape index (κ3) is 5.14. The van der Waals surface area contributed by atoms with Crippen LogP contribution in [0.3, 0.4) is 0 Å². The van der Waals surface area contributed by atoms with Gasteiger partial charge in [0.25, 0.3) is 5.91 Å². The summed E-state index contributed by atoms with van der Waals surface area (Å²) in [4.78, 5) is 39.8. The zero-order chi connectivity index (χ0) is 29.3. The highest BCUT2D eigenvalue weighted by atomic mass is 16.6. The molecule has 3 heterocycles. The molecule has 11 heteroatoms. The quantitative estimate of drug-likeness (QED) is 0.220. The molecule has 2 aliphatic heterocycles. The number of fused-ring (bicyclic) bond motifs is 1. The van der Waals surface area contributed by atoms with Crippen molar-refractivity contribution in [1.29, 1.82) is 0 Å². The number of aliphatic hydroxyl groups excluding tert-OH is 1. The first-order valence-electron chi connectivity index (χ1n) is 13.5. The van der Waals surface area contributed by atoms with E-state index in [1.165, 1.54) is 16.7 Å². The van der Waals surface area contributed by atoms with E-state index in [1.54, 1.807) is 42.9 Å². The van der Waals surface area contributed by atoms with Crippen LogP contribution in [0.4, 0.5) is 11.4 Å². The van der Waals surface area contributed by atoms with Gasteiger partial charge < -0.3 is 19.8 Å². The highest BCUT2D eigenvalue weighted by molar-refractivity contribution is 6.08. The average molecular weight is 560 g/mol. The van der Waals surface area contributed by atoms with Gasteiger partial charge in [-0.15, -0.1) is 5.10 Å². The fourth-order valence-corrected chi connectivity index (χ4v) is 5.46. The molecule has 2 unspecified atom stereocenters. The molecule has 4 atom stereocenters. The molecule has 2 amide bonds. The van der Waals surface area contributed by atoms with E-state index >= 15 is 0 Å². The number of hydrogen-bond donors (Lipinski definition) is 2. The second-order valence-electron chi connectivity index (χ2n) is 10.4. The number of carbonyl (C=O) groups excluding carboxylic acids is 3. The molecule has 3 aromatic rings. The fraction of sp³-hybridized carbons (Fsp3) is 0.367. The maximum absolute atomic E-state index is 13.3. The van der Waals surface area contributed by atoms with Gasteiger partial charge in [0.05, 0.1) is 30.3 Å². The monoisotopic (exact) mass is 559 g/mol. The Morgan fingerprint density at radius 1 is 1.22 bits per heavy atom. The number of nitrogens with zero attached hydrogens (tertiary/aromatic N) is 5. The molecule has 214 valence electrons. The lowest BCUT2D eigenvalue weighted by molar-refractivity contribution is -0.153. The first-order chi connectivity index (χ1) is 19.6. The van der Waals surface area contributed by atoms with Gasteiger partial charge in [0.2, 0.25) is 5.91 Å². The van der Waals surface area contributed by atoms with E-state index in [2.05, 4.69) is 10.3 Å². The van der Waals surface area contributed by atoms with Crippen LogP contribution in [0.5, 0.6) is 0 Å². The molecule has 1 aromatic heterocycles. The van der Waals surface area contributed by atoms with Gasteiger partial charge in [-0.1, -0.05) is 54.6 Å². The van der Waals surface area contributed by atoms with Gasteiger partial charge in [-0.05, 0) is 30.2 Å². The standard InChI is InChI=1S/C30H33N5O6/c1-19(9-7-8-14-34-17-25(31-32-34)23(18-36)21-10-5-4-6-11-21)30(40)24-15-22(12-13-26(24)33(3)29(30)39)35-27(38)16-28(35)41-20(2)37/h4-7,9-13,15,17,19,23,28,36,40H,8,14,16,18H2,1-3H3/b9-7+/t19-,23?,28?,30+/m1/s1. The lowest BCUT2D eigenvalue weighted by Crippen LogP contribution is -2.55. The molecule has 0 bridgehead atoms. The summed E-state index contributed by atoms with van der Waals surface area (Å²) in [5.74, 6) is -2.03. The predicted molar refractivity (Wildman–Crippen MR) is 150 cm³/mol. The van der Waals surface area contributed by atoms with Crippen molar-refractivity contribution in [2.75, 3.05) is 23.5 Å². The van der Waals surface area contributed by atoms with Crippen LogP contribution < -0.4 is 9.80 Å². The number of anilines is 2. The number of benzene rings is 2. The summed E-state index contributed by atoms with van der Waals surface area (Å²) in [5.41, 5.74) is 1.17. The van der Waals surface area contributed by atoms with Gasteiger partial charge in [-0.3, -0.25) is 24.0 Å². The average Bonchev–Trinajstić information content (AvgIpc) is 3.49. The Morgan fingerprint density at radius 3 is 2.66 bits per heavy atom. The molecule has 2 aliphatic rings. The van der Waals surface area contributed by atoms with Gasteiger partial charge in [0.1, 0.15) is 0 Å². The SMILES string of the molecule is CC(=O)OC1CC(=O)N1c1ccc2c(c1)[C@@](O)([C@H](C)/C=C/CCn1cc(C(CO)c3ccccc3)nn1)C(=O)N2C. The molecule has 0 saturated carbocycles. The number of rotatable bonds is 10. The topological polar surface area (TPSA) is 138 Å². The zero-order valence-corrected chi connectivity index (χ0v) is 23.2. The zero-order valence-electron chi connectivity index (χ0n) is 23.2. The number of aliphatic hydroxyl groups is 2. The number of β-lactam (4-membered cyclic amide) rings is 1. The second kappa shape index (κ2) is 11.3.